The number of hydrogen-bond acceptors (Lipinski definition) is 2. The van der Waals surface area contributed by atoms with Gasteiger partial charge < -0.3 is 0 Å². The Hall–Kier alpha value is -1.44. The van der Waals surface area contributed by atoms with E-state index in [9.17, 15) is 0 Å². The Morgan fingerprint density at radius 1 is 0.846 bits per heavy atom. The second-order valence-electron chi connectivity index (χ2n) is 2.05. The van der Waals surface area contributed by atoms with Crippen LogP contribution in [0.25, 0.3) is 11.0 Å². The summed E-state index contributed by atoms with van der Waals surface area (Å²) in [5, 5.41) is 0. The minimum atomic E-state index is 0. The summed E-state index contributed by atoms with van der Waals surface area (Å²) in [4.78, 5) is 8.24. The van der Waals surface area contributed by atoms with Crippen molar-refractivity contribution in [1.29, 1.82) is 0 Å². The molecule has 0 unspecified atom stereocenters. The Morgan fingerprint density at radius 3 is 1.62 bits per heavy atom. The Morgan fingerprint density at radius 2 is 1.23 bits per heavy atom. The fourth-order valence-electron chi connectivity index (χ4n) is 0.904. The predicted octanol–water partition coefficient (Wildman–Crippen LogP) is 3.29. The molecule has 0 aliphatic heterocycles. The van der Waals surface area contributed by atoms with Crippen LogP contribution < -0.4 is 0 Å². The van der Waals surface area contributed by atoms with Gasteiger partial charge in [0.15, 0.2) is 0 Å². The van der Waals surface area contributed by atoms with Gasteiger partial charge in [0.25, 0.3) is 0 Å². The second-order valence-corrected chi connectivity index (χ2v) is 2.05. The molecular formula is C11H16N2. The third-order valence-corrected chi connectivity index (χ3v) is 1.37. The quantitative estimate of drug-likeness (QED) is 0.615. The van der Waals surface area contributed by atoms with E-state index in [1.54, 1.807) is 12.4 Å². The molecule has 2 rings (SSSR count). The smallest absolute Gasteiger partial charge is 0.0886 e. The first kappa shape index (κ1) is 11.6. The van der Waals surface area contributed by atoms with Crippen LogP contribution in [-0.4, -0.2) is 9.97 Å². The van der Waals surface area contributed by atoms with Crippen LogP contribution in [0, 0.1) is 0 Å². The molecule has 13 heavy (non-hydrogen) atoms. The monoisotopic (exact) mass is 176 g/mol. The molecule has 0 bridgehead atoms. The SMILES string of the molecule is C.CC.c1cnc2cccnc2c1. The molecule has 0 aliphatic rings. The van der Waals surface area contributed by atoms with Crippen LogP contribution in [0.1, 0.15) is 21.3 Å². The Labute approximate surface area is 79.7 Å². The van der Waals surface area contributed by atoms with Crippen molar-refractivity contribution in [1.82, 2.24) is 9.97 Å². The minimum absolute atomic E-state index is 0. The first-order valence-electron chi connectivity index (χ1n) is 4.12. The first-order valence-corrected chi connectivity index (χ1v) is 4.12. The zero-order valence-electron chi connectivity index (χ0n) is 7.36. The fraction of sp³-hybridized carbons (Fsp3) is 0.273. The summed E-state index contributed by atoms with van der Waals surface area (Å²) in [6.45, 7) is 4.00. The summed E-state index contributed by atoms with van der Waals surface area (Å²) in [6.07, 6.45) is 3.54. The number of nitrogens with zero attached hydrogens (tertiary/aromatic N) is 2. The first-order chi connectivity index (χ1) is 5.97. The normalized spacial score (nSPS) is 8.15. The Kier molecular flexibility index (Phi) is 5.44. The molecule has 0 atom stereocenters. The van der Waals surface area contributed by atoms with E-state index in [4.69, 9.17) is 0 Å². The third-order valence-electron chi connectivity index (χ3n) is 1.37. The van der Waals surface area contributed by atoms with Gasteiger partial charge in [-0.1, -0.05) is 21.3 Å². The van der Waals surface area contributed by atoms with E-state index in [1.165, 1.54) is 0 Å². The summed E-state index contributed by atoms with van der Waals surface area (Å²) in [7, 11) is 0. The average Bonchev–Trinajstić information content (AvgIpc) is 2.21. The van der Waals surface area contributed by atoms with Crippen molar-refractivity contribution in [2.75, 3.05) is 0 Å². The third kappa shape index (κ3) is 2.82. The van der Waals surface area contributed by atoms with Gasteiger partial charge in [0.1, 0.15) is 0 Å². The summed E-state index contributed by atoms with van der Waals surface area (Å²) < 4.78 is 0. The van der Waals surface area contributed by atoms with Crippen LogP contribution in [0.15, 0.2) is 36.7 Å². The molecule has 0 aromatic carbocycles. The molecule has 0 spiro atoms. The molecule has 2 nitrogen and oxygen atoms in total. The minimum Gasteiger partial charge on any atom is -0.255 e. The highest BCUT2D eigenvalue weighted by Gasteiger charge is 1.88. The Balaban J connectivity index is 0.000000451. The molecule has 2 aromatic rings. The van der Waals surface area contributed by atoms with Gasteiger partial charge in [-0.25, -0.2) is 0 Å². The van der Waals surface area contributed by atoms with Crippen LogP contribution >= 0.6 is 0 Å². The van der Waals surface area contributed by atoms with Crippen molar-refractivity contribution in [3.05, 3.63) is 36.7 Å². The van der Waals surface area contributed by atoms with Gasteiger partial charge in [-0.2, -0.15) is 0 Å². The number of rotatable bonds is 0. The predicted molar refractivity (Wildman–Crippen MR) is 57.6 cm³/mol. The van der Waals surface area contributed by atoms with Crippen LogP contribution in [0.3, 0.4) is 0 Å². The summed E-state index contributed by atoms with van der Waals surface area (Å²) in [5.41, 5.74) is 1.90. The number of aromatic nitrogens is 2. The second kappa shape index (κ2) is 6.12. The summed E-state index contributed by atoms with van der Waals surface area (Å²) >= 11 is 0. The van der Waals surface area contributed by atoms with Crippen molar-refractivity contribution in [3.8, 4) is 0 Å². The van der Waals surface area contributed by atoms with Crippen molar-refractivity contribution in [2.45, 2.75) is 21.3 Å². The lowest BCUT2D eigenvalue weighted by molar-refractivity contribution is 1.34. The number of pyridine rings is 2. The van der Waals surface area contributed by atoms with Gasteiger partial charge in [-0.15, -0.1) is 0 Å². The molecule has 0 aliphatic carbocycles. The highest BCUT2D eigenvalue weighted by molar-refractivity contribution is 5.72. The standard InChI is InChI=1S/C8H6N2.C2H6.CH4/c1-3-7-8(9-5-1)4-2-6-10-7;1-2;/h1-6H;1-2H3;1H4. The van der Waals surface area contributed by atoms with E-state index < -0.39 is 0 Å². The lowest BCUT2D eigenvalue weighted by Gasteiger charge is -1.90. The zero-order chi connectivity index (χ0) is 8.81. The lowest BCUT2D eigenvalue weighted by Crippen LogP contribution is -1.78. The molecule has 2 aromatic heterocycles. The van der Waals surface area contributed by atoms with Crippen LogP contribution in [-0.2, 0) is 0 Å². The van der Waals surface area contributed by atoms with Crippen molar-refractivity contribution >= 4 is 11.0 Å². The van der Waals surface area contributed by atoms with Gasteiger partial charge in [0, 0.05) is 12.4 Å². The van der Waals surface area contributed by atoms with Gasteiger partial charge in [-0.05, 0) is 24.3 Å². The molecule has 0 N–H and O–H groups in total. The van der Waals surface area contributed by atoms with Gasteiger partial charge in [0.2, 0.25) is 0 Å². The lowest BCUT2D eigenvalue weighted by atomic mass is 10.3. The van der Waals surface area contributed by atoms with E-state index in [0.717, 1.165) is 11.0 Å². The molecule has 70 valence electrons. The van der Waals surface area contributed by atoms with E-state index >= 15 is 0 Å². The summed E-state index contributed by atoms with van der Waals surface area (Å²) in [6, 6.07) is 7.66. The maximum absolute atomic E-state index is 4.12. The van der Waals surface area contributed by atoms with Crippen molar-refractivity contribution in [3.63, 3.8) is 0 Å². The van der Waals surface area contributed by atoms with Gasteiger partial charge in [0.05, 0.1) is 11.0 Å². The maximum atomic E-state index is 4.12. The fourth-order valence-corrected chi connectivity index (χ4v) is 0.904. The topological polar surface area (TPSA) is 25.8 Å². The average molecular weight is 176 g/mol. The Bertz CT molecular complexity index is 279. The van der Waals surface area contributed by atoms with Crippen LogP contribution in [0.2, 0.25) is 0 Å². The maximum Gasteiger partial charge on any atom is 0.0886 e. The molecule has 0 saturated heterocycles. The van der Waals surface area contributed by atoms with E-state index in [1.807, 2.05) is 38.1 Å². The molecule has 0 radical (unpaired) electrons. The molecule has 0 fully saturated rings. The molecule has 2 heteroatoms. The number of hydrogen-bond donors (Lipinski definition) is 0. The zero-order valence-corrected chi connectivity index (χ0v) is 7.36. The molecule has 0 amide bonds. The van der Waals surface area contributed by atoms with Crippen LogP contribution in [0.4, 0.5) is 0 Å². The highest BCUT2D eigenvalue weighted by atomic mass is 14.7. The van der Waals surface area contributed by atoms with Crippen molar-refractivity contribution < 1.29 is 0 Å². The number of fused-ring (bicyclic) bond motifs is 1. The highest BCUT2D eigenvalue weighted by Crippen LogP contribution is 2.04. The van der Waals surface area contributed by atoms with E-state index in [0.29, 0.717) is 0 Å². The molecule has 2 heterocycles. The van der Waals surface area contributed by atoms with Gasteiger partial charge in [-0.3, -0.25) is 9.97 Å². The van der Waals surface area contributed by atoms with Gasteiger partial charge >= 0.3 is 0 Å². The molecule has 0 saturated carbocycles. The van der Waals surface area contributed by atoms with Crippen LogP contribution in [0.5, 0.6) is 0 Å². The van der Waals surface area contributed by atoms with E-state index in [-0.39, 0.29) is 7.43 Å². The molecular weight excluding hydrogens is 160 g/mol. The largest absolute Gasteiger partial charge is 0.255 e. The van der Waals surface area contributed by atoms with Crippen molar-refractivity contribution in [2.24, 2.45) is 0 Å². The van der Waals surface area contributed by atoms with E-state index in [2.05, 4.69) is 9.97 Å². The summed E-state index contributed by atoms with van der Waals surface area (Å²) in [5.74, 6) is 0.